The van der Waals surface area contributed by atoms with Gasteiger partial charge in [-0.05, 0) is 44.2 Å². The van der Waals surface area contributed by atoms with Gasteiger partial charge in [0, 0.05) is 18.3 Å². The van der Waals surface area contributed by atoms with Gasteiger partial charge in [0.1, 0.15) is 5.82 Å². The van der Waals surface area contributed by atoms with Gasteiger partial charge in [0.15, 0.2) is 0 Å². The van der Waals surface area contributed by atoms with Crippen LogP contribution in [0.15, 0.2) is 17.8 Å². The Morgan fingerprint density at radius 3 is 3.12 bits per heavy atom. The van der Waals surface area contributed by atoms with E-state index in [1.54, 1.807) is 11.8 Å². The molecule has 1 aromatic rings. The second-order valence-electron chi connectivity index (χ2n) is 4.10. The Hall–Kier alpha value is -1.09. The predicted octanol–water partition coefficient (Wildman–Crippen LogP) is 3.35. The summed E-state index contributed by atoms with van der Waals surface area (Å²) in [4.78, 5) is 8.09. The van der Waals surface area contributed by atoms with Gasteiger partial charge in [-0.3, -0.25) is 0 Å². The molecule has 4 heteroatoms. The van der Waals surface area contributed by atoms with Gasteiger partial charge in [0.25, 0.3) is 0 Å². The van der Waals surface area contributed by atoms with Crippen LogP contribution < -0.4 is 5.32 Å². The first-order valence-electron chi connectivity index (χ1n) is 5.66. The summed E-state index contributed by atoms with van der Waals surface area (Å²) in [5, 5.41) is 3.60. The lowest BCUT2D eigenvalue weighted by atomic mass is 10.2. The topological polar surface area (TPSA) is 37.8 Å². The van der Waals surface area contributed by atoms with Crippen molar-refractivity contribution in [3.05, 3.63) is 28.7 Å². The molecule has 0 radical (unpaired) electrons. The number of nitrogens with zero attached hydrogens (tertiary/aromatic N) is 2. The van der Waals surface area contributed by atoms with Crippen molar-refractivity contribution in [2.75, 3.05) is 11.9 Å². The summed E-state index contributed by atoms with van der Waals surface area (Å²) in [6.45, 7) is 2.90. The zero-order valence-corrected chi connectivity index (χ0v) is 10.2. The number of hydrogen-bond acceptors (Lipinski definition) is 3. The molecule has 0 aromatic carbocycles. The smallest absolute Gasteiger partial charge is 0.224 e. The molecule has 0 unspecified atom stereocenters. The second kappa shape index (κ2) is 5.30. The summed E-state index contributed by atoms with van der Waals surface area (Å²) in [6, 6.07) is 0. The lowest BCUT2D eigenvalue weighted by molar-refractivity contribution is 0.861. The molecule has 0 fully saturated rings. The van der Waals surface area contributed by atoms with Gasteiger partial charge in [-0.15, -0.1) is 0 Å². The molecule has 1 aliphatic carbocycles. The van der Waals surface area contributed by atoms with Crippen molar-refractivity contribution in [3.8, 4) is 0 Å². The summed E-state index contributed by atoms with van der Waals surface area (Å²) in [6.07, 6.45) is 9.00. The van der Waals surface area contributed by atoms with Crippen LogP contribution in [0.25, 0.3) is 0 Å². The Morgan fingerprint density at radius 2 is 2.38 bits per heavy atom. The second-order valence-corrected chi connectivity index (χ2v) is 4.44. The molecule has 0 saturated heterocycles. The van der Waals surface area contributed by atoms with Crippen LogP contribution in [-0.2, 0) is 0 Å². The minimum Gasteiger partial charge on any atom is -0.369 e. The Morgan fingerprint density at radius 1 is 1.50 bits per heavy atom. The Balaban J connectivity index is 1.86. The largest absolute Gasteiger partial charge is 0.369 e. The van der Waals surface area contributed by atoms with E-state index in [9.17, 15) is 0 Å². The average molecular weight is 238 g/mol. The van der Waals surface area contributed by atoms with E-state index >= 15 is 0 Å². The molecular formula is C12H16ClN3. The highest BCUT2D eigenvalue weighted by molar-refractivity contribution is 6.28. The van der Waals surface area contributed by atoms with E-state index in [-0.39, 0.29) is 0 Å². The maximum Gasteiger partial charge on any atom is 0.224 e. The van der Waals surface area contributed by atoms with Gasteiger partial charge in [-0.1, -0.05) is 11.6 Å². The van der Waals surface area contributed by atoms with Gasteiger partial charge in [-0.25, -0.2) is 9.97 Å². The van der Waals surface area contributed by atoms with E-state index in [0.29, 0.717) is 5.28 Å². The number of allylic oxidation sites excluding steroid dienone is 1. The molecule has 2 rings (SSSR count). The Bertz CT molecular complexity index is 401. The molecule has 0 amide bonds. The predicted molar refractivity (Wildman–Crippen MR) is 66.8 cm³/mol. The molecule has 1 heterocycles. The third-order valence-electron chi connectivity index (χ3n) is 2.82. The number of aryl methyl sites for hydroxylation is 1. The maximum atomic E-state index is 5.75. The molecule has 3 nitrogen and oxygen atoms in total. The first kappa shape index (κ1) is 11.4. The van der Waals surface area contributed by atoms with Crippen molar-refractivity contribution in [1.82, 2.24) is 9.97 Å². The summed E-state index contributed by atoms with van der Waals surface area (Å²) in [7, 11) is 0. The molecule has 1 aliphatic rings. The quantitative estimate of drug-likeness (QED) is 0.645. The van der Waals surface area contributed by atoms with Gasteiger partial charge in [0.05, 0.1) is 0 Å². The molecule has 16 heavy (non-hydrogen) atoms. The molecule has 86 valence electrons. The van der Waals surface area contributed by atoms with Gasteiger partial charge in [0.2, 0.25) is 5.28 Å². The Labute approximate surface area is 101 Å². The summed E-state index contributed by atoms with van der Waals surface area (Å²) in [5.41, 5.74) is 2.59. The first-order chi connectivity index (χ1) is 7.75. The van der Waals surface area contributed by atoms with Gasteiger partial charge >= 0.3 is 0 Å². The number of hydrogen-bond donors (Lipinski definition) is 1. The summed E-state index contributed by atoms with van der Waals surface area (Å²) >= 11 is 5.75. The van der Waals surface area contributed by atoms with Crippen LogP contribution in [0.4, 0.5) is 5.82 Å². The maximum absolute atomic E-state index is 5.75. The molecule has 1 aromatic heterocycles. The molecule has 0 atom stereocenters. The molecule has 1 N–H and O–H groups in total. The van der Waals surface area contributed by atoms with Gasteiger partial charge < -0.3 is 5.32 Å². The molecule has 0 aliphatic heterocycles. The number of anilines is 1. The lowest BCUT2D eigenvalue weighted by Crippen LogP contribution is -2.06. The molecule has 0 spiro atoms. The normalized spacial score (nSPS) is 15.0. The highest BCUT2D eigenvalue weighted by Gasteiger charge is 2.05. The zero-order chi connectivity index (χ0) is 11.4. The van der Waals surface area contributed by atoms with Gasteiger partial charge in [-0.2, -0.15) is 0 Å². The van der Waals surface area contributed by atoms with Crippen LogP contribution in [0.3, 0.4) is 0 Å². The van der Waals surface area contributed by atoms with Crippen molar-refractivity contribution in [1.29, 1.82) is 0 Å². The standard InChI is InChI=1S/C12H16ClN3/c1-9-8-15-12(13)16-11(9)14-7-6-10-4-2-3-5-10/h4,8H,2-3,5-7H2,1H3,(H,14,15,16). The van der Waals surface area contributed by atoms with E-state index < -0.39 is 0 Å². The van der Waals surface area contributed by atoms with Crippen LogP contribution in [0.2, 0.25) is 5.28 Å². The fraction of sp³-hybridized carbons (Fsp3) is 0.500. The third-order valence-corrected chi connectivity index (χ3v) is 3.00. The molecular weight excluding hydrogens is 222 g/mol. The minimum atomic E-state index is 0.299. The van der Waals surface area contributed by atoms with Crippen LogP contribution >= 0.6 is 11.6 Å². The fourth-order valence-electron chi connectivity index (χ4n) is 1.91. The van der Waals surface area contributed by atoms with Crippen LogP contribution in [0, 0.1) is 6.92 Å². The van der Waals surface area contributed by atoms with E-state index in [1.807, 2.05) is 6.92 Å². The van der Waals surface area contributed by atoms with Crippen LogP contribution in [0.5, 0.6) is 0 Å². The zero-order valence-electron chi connectivity index (χ0n) is 9.46. The van der Waals surface area contributed by atoms with Crippen LogP contribution in [-0.4, -0.2) is 16.5 Å². The SMILES string of the molecule is Cc1cnc(Cl)nc1NCCC1=CCCC1. The average Bonchev–Trinajstić information content (AvgIpc) is 2.76. The molecule has 0 saturated carbocycles. The fourth-order valence-corrected chi connectivity index (χ4v) is 2.04. The number of aromatic nitrogens is 2. The van der Waals surface area contributed by atoms with E-state index in [4.69, 9.17) is 11.6 Å². The van der Waals surface area contributed by atoms with Crippen molar-refractivity contribution >= 4 is 17.4 Å². The molecule has 0 bridgehead atoms. The Kier molecular flexibility index (Phi) is 3.78. The number of nitrogens with one attached hydrogen (secondary N) is 1. The van der Waals surface area contributed by atoms with E-state index in [1.165, 1.54) is 19.3 Å². The number of halogens is 1. The highest BCUT2D eigenvalue weighted by Crippen LogP contribution is 2.20. The van der Waals surface area contributed by atoms with Crippen molar-refractivity contribution in [2.24, 2.45) is 0 Å². The number of rotatable bonds is 4. The van der Waals surface area contributed by atoms with Crippen LogP contribution in [0.1, 0.15) is 31.2 Å². The minimum absolute atomic E-state index is 0.299. The monoisotopic (exact) mass is 237 g/mol. The van der Waals surface area contributed by atoms with E-state index in [0.717, 1.165) is 24.3 Å². The third kappa shape index (κ3) is 2.95. The van der Waals surface area contributed by atoms with E-state index in [2.05, 4.69) is 21.4 Å². The summed E-state index contributed by atoms with van der Waals surface area (Å²) < 4.78 is 0. The lowest BCUT2D eigenvalue weighted by Gasteiger charge is -2.08. The van der Waals surface area contributed by atoms with Crippen molar-refractivity contribution in [2.45, 2.75) is 32.6 Å². The first-order valence-corrected chi connectivity index (χ1v) is 6.04. The highest BCUT2D eigenvalue weighted by atomic mass is 35.5. The van der Waals surface area contributed by atoms with Crippen molar-refractivity contribution < 1.29 is 0 Å². The summed E-state index contributed by atoms with van der Waals surface area (Å²) in [5.74, 6) is 0.846. The van der Waals surface area contributed by atoms with Crippen molar-refractivity contribution in [3.63, 3.8) is 0 Å².